The van der Waals surface area contributed by atoms with E-state index < -0.39 is 12.8 Å². The van der Waals surface area contributed by atoms with Gasteiger partial charge in [-0.1, -0.05) is 6.92 Å². The molecule has 7 heteroatoms. The molecule has 0 saturated heterocycles. The number of hydrogen-bond acceptors (Lipinski definition) is 5. The van der Waals surface area contributed by atoms with Gasteiger partial charge in [-0.05, 0) is 0 Å². The number of rotatable bonds is 4. The second-order valence-electron chi connectivity index (χ2n) is 1.50. The Bertz CT molecular complexity index is 153. The lowest BCUT2D eigenvalue weighted by Gasteiger charge is -1.97. The molecule has 0 spiro atoms. The van der Waals surface area contributed by atoms with Crippen molar-refractivity contribution in [1.29, 1.82) is 0 Å². The van der Waals surface area contributed by atoms with Gasteiger partial charge in [0.05, 0.1) is 4.97 Å². The van der Waals surface area contributed by atoms with E-state index in [9.17, 15) is 10.0 Å². The van der Waals surface area contributed by atoms with Gasteiger partial charge in [-0.3, -0.25) is 4.79 Å². The smallest absolute Gasteiger partial charge is 0.308 e. The number of hydrogen-bond donors (Lipinski definition) is 1. The summed E-state index contributed by atoms with van der Waals surface area (Å²) in [6, 6.07) is 0. The van der Waals surface area contributed by atoms with Crippen molar-refractivity contribution in [3.05, 3.63) is 5.21 Å². The van der Waals surface area contributed by atoms with Gasteiger partial charge in [0.1, 0.15) is 0 Å². The fourth-order valence-electron chi connectivity index (χ4n) is 0.275. The molecule has 7 nitrogen and oxygen atoms in total. The average Bonchev–Trinajstić information content (AvgIpc) is 1.97. The first-order chi connectivity index (χ1) is 5.16. The first-order valence-electron chi connectivity index (χ1n) is 2.87. The molecule has 0 aromatic carbocycles. The van der Waals surface area contributed by atoms with Crippen molar-refractivity contribution in [2.24, 2.45) is 11.1 Å². The highest BCUT2D eigenvalue weighted by atomic mass is 16.8. The van der Waals surface area contributed by atoms with E-state index in [0.717, 1.165) is 0 Å². The standard InChI is InChI=1S/C4H9N3O4/c1-2-4(8)10-3-11-6-7(5)9/h2-3H2,1H3,(H2,5,6). The van der Waals surface area contributed by atoms with Gasteiger partial charge in [0.2, 0.25) is 5.28 Å². The van der Waals surface area contributed by atoms with Crippen LogP contribution in [0.2, 0.25) is 0 Å². The van der Waals surface area contributed by atoms with Crippen molar-refractivity contribution in [2.45, 2.75) is 13.3 Å². The van der Waals surface area contributed by atoms with Crippen LogP contribution in [-0.4, -0.2) is 17.7 Å². The second kappa shape index (κ2) is 5.27. The maximum atomic E-state index is 10.4. The molecule has 0 rings (SSSR count). The SMILES string of the molecule is CCC(=O)OCO/N=[N+](\N)[O-]. The molecule has 11 heavy (non-hydrogen) atoms. The zero-order valence-corrected chi connectivity index (χ0v) is 6.02. The number of carbonyl (C=O) groups excluding carboxylic acids is 1. The third-order valence-electron chi connectivity index (χ3n) is 0.700. The minimum absolute atomic E-state index is 0.243. The van der Waals surface area contributed by atoms with Crippen LogP contribution >= 0.6 is 0 Å². The molecule has 0 aliphatic rings. The summed E-state index contributed by atoms with van der Waals surface area (Å²) in [6.07, 6.45) is 0.243. The van der Waals surface area contributed by atoms with Gasteiger partial charge in [-0.15, -0.1) is 0 Å². The van der Waals surface area contributed by atoms with Crippen LogP contribution in [0.15, 0.2) is 5.28 Å². The Morgan fingerprint density at radius 2 is 2.45 bits per heavy atom. The highest BCUT2D eigenvalue weighted by Crippen LogP contribution is 1.85. The third kappa shape index (κ3) is 6.35. The Hall–Kier alpha value is -1.53. The van der Waals surface area contributed by atoms with Crippen LogP contribution in [-0.2, 0) is 14.4 Å². The molecule has 0 aromatic rings. The maximum Gasteiger partial charge on any atom is 0.308 e. The van der Waals surface area contributed by atoms with E-state index in [-0.39, 0.29) is 11.4 Å². The fourth-order valence-corrected chi connectivity index (χ4v) is 0.275. The first kappa shape index (κ1) is 9.47. The molecule has 0 unspecified atom stereocenters. The van der Waals surface area contributed by atoms with Crippen LogP contribution in [0.5, 0.6) is 0 Å². The molecule has 0 heterocycles. The van der Waals surface area contributed by atoms with E-state index in [2.05, 4.69) is 20.7 Å². The topological polar surface area (TPSA) is 100.0 Å². The van der Waals surface area contributed by atoms with E-state index in [1.54, 1.807) is 6.92 Å². The summed E-state index contributed by atoms with van der Waals surface area (Å²) in [5, 5.41) is 12.5. The number of carbonyl (C=O) groups is 1. The summed E-state index contributed by atoms with van der Waals surface area (Å²) in [4.78, 5) is 14.2. The van der Waals surface area contributed by atoms with E-state index >= 15 is 0 Å². The zero-order chi connectivity index (χ0) is 8.69. The molecule has 0 amide bonds. The number of hydrazine groups is 1. The molecule has 0 aliphatic heterocycles. The molecule has 2 N–H and O–H groups in total. The highest BCUT2D eigenvalue weighted by Gasteiger charge is 1.96. The lowest BCUT2D eigenvalue weighted by Crippen LogP contribution is -2.11. The average molecular weight is 163 g/mol. The van der Waals surface area contributed by atoms with E-state index in [1.807, 2.05) is 0 Å². The predicted molar refractivity (Wildman–Crippen MR) is 32.6 cm³/mol. The first-order valence-corrected chi connectivity index (χ1v) is 2.87. The Morgan fingerprint density at radius 3 is 2.91 bits per heavy atom. The van der Waals surface area contributed by atoms with Crippen LogP contribution in [0.25, 0.3) is 0 Å². The summed E-state index contributed by atoms with van der Waals surface area (Å²) in [5.74, 6) is 4.05. The molecule has 0 bridgehead atoms. The zero-order valence-electron chi connectivity index (χ0n) is 6.02. The van der Waals surface area contributed by atoms with Crippen LogP contribution < -0.4 is 5.84 Å². The lowest BCUT2D eigenvalue weighted by atomic mass is 10.5. The highest BCUT2D eigenvalue weighted by molar-refractivity contribution is 5.68. The molecule has 0 atom stereocenters. The van der Waals surface area contributed by atoms with Gasteiger partial charge in [0, 0.05) is 6.42 Å². The second-order valence-corrected chi connectivity index (χ2v) is 1.50. The normalized spacial score (nSPS) is 10.8. The van der Waals surface area contributed by atoms with Gasteiger partial charge in [0.15, 0.2) is 0 Å². The maximum absolute atomic E-state index is 10.4. The molecule has 0 fully saturated rings. The lowest BCUT2D eigenvalue weighted by molar-refractivity contribution is -0.571. The fraction of sp³-hybridized carbons (Fsp3) is 0.750. The van der Waals surface area contributed by atoms with Crippen LogP contribution in [0, 0.1) is 5.21 Å². The van der Waals surface area contributed by atoms with Gasteiger partial charge < -0.3 is 14.8 Å². The van der Waals surface area contributed by atoms with Gasteiger partial charge in [0.25, 0.3) is 6.79 Å². The summed E-state index contributed by atoms with van der Waals surface area (Å²) >= 11 is 0. The van der Waals surface area contributed by atoms with Crippen molar-refractivity contribution in [2.75, 3.05) is 6.79 Å². The number of esters is 1. The van der Waals surface area contributed by atoms with Crippen LogP contribution in [0.4, 0.5) is 0 Å². The van der Waals surface area contributed by atoms with Crippen LogP contribution in [0.1, 0.15) is 13.3 Å². The minimum Gasteiger partial charge on any atom is -0.569 e. The number of nitrogens with zero attached hydrogens (tertiary/aromatic N) is 2. The van der Waals surface area contributed by atoms with Gasteiger partial charge in [-0.25, -0.2) is 0 Å². The molecule has 0 aromatic heterocycles. The van der Waals surface area contributed by atoms with E-state index in [1.165, 1.54) is 0 Å². The van der Waals surface area contributed by atoms with E-state index in [4.69, 9.17) is 0 Å². The summed E-state index contributed by atoms with van der Waals surface area (Å²) < 4.78 is 4.37. The predicted octanol–water partition coefficient (Wildman–Crippen LogP) is -0.335. The quantitative estimate of drug-likeness (QED) is 0.116. The monoisotopic (exact) mass is 163 g/mol. The minimum atomic E-state index is -0.435. The van der Waals surface area contributed by atoms with Gasteiger partial charge in [-0.2, -0.15) is 5.84 Å². The molecule has 64 valence electrons. The molecule has 0 radical (unpaired) electrons. The molecular weight excluding hydrogens is 154 g/mol. The van der Waals surface area contributed by atoms with E-state index in [0.29, 0.717) is 0 Å². The number of ether oxygens (including phenoxy) is 1. The van der Waals surface area contributed by atoms with Crippen molar-refractivity contribution in [1.82, 2.24) is 0 Å². The third-order valence-corrected chi connectivity index (χ3v) is 0.700. The molecule has 0 saturated carbocycles. The van der Waals surface area contributed by atoms with Crippen molar-refractivity contribution in [3.8, 4) is 0 Å². The Kier molecular flexibility index (Phi) is 4.54. The Labute approximate surface area is 62.9 Å². The summed E-state index contributed by atoms with van der Waals surface area (Å²) in [6.45, 7) is 1.23. The van der Waals surface area contributed by atoms with Crippen LogP contribution in [0.3, 0.4) is 0 Å². The van der Waals surface area contributed by atoms with Crippen molar-refractivity contribution < 1.29 is 19.3 Å². The molecule has 0 aliphatic carbocycles. The van der Waals surface area contributed by atoms with Gasteiger partial charge >= 0.3 is 5.97 Å². The number of nitrogens with two attached hydrogens (primary N) is 1. The summed E-state index contributed by atoms with van der Waals surface area (Å²) in [7, 11) is 0. The largest absolute Gasteiger partial charge is 0.569 e. The Balaban J connectivity index is 3.28. The Morgan fingerprint density at radius 1 is 1.82 bits per heavy atom. The summed E-state index contributed by atoms with van der Waals surface area (Å²) in [5.41, 5.74) is 0. The van der Waals surface area contributed by atoms with Crippen molar-refractivity contribution in [3.63, 3.8) is 0 Å². The van der Waals surface area contributed by atoms with Crippen molar-refractivity contribution >= 4 is 5.97 Å². The molecular formula is C4H9N3O4.